The molecule has 5 nitrogen and oxygen atoms in total. The van der Waals surface area contributed by atoms with Gasteiger partial charge in [-0.2, -0.15) is 0 Å². The van der Waals surface area contributed by atoms with Crippen LogP contribution in [0, 0.1) is 0 Å². The first-order chi connectivity index (χ1) is 12.6. The highest BCUT2D eigenvalue weighted by Gasteiger charge is 2.13. The number of nitrogens with zero attached hydrogens (tertiary/aromatic N) is 1. The summed E-state index contributed by atoms with van der Waals surface area (Å²) >= 11 is 0. The molecule has 1 aromatic heterocycles. The SMILES string of the molecule is CN(Cc1ccccc1)C(=O)c1ccc(C(=O)NCc2ccco2)cc1. The summed E-state index contributed by atoms with van der Waals surface area (Å²) in [5.41, 5.74) is 2.11. The van der Waals surface area contributed by atoms with Crippen molar-refractivity contribution in [1.82, 2.24) is 10.2 Å². The van der Waals surface area contributed by atoms with Crippen LogP contribution in [-0.2, 0) is 13.1 Å². The fraction of sp³-hybridized carbons (Fsp3) is 0.143. The number of carbonyl (C=O) groups excluding carboxylic acids is 2. The Bertz CT molecular complexity index is 856. The first-order valence-corrected chi connectivity index (χ1v) is 8.33. The van der Waals surface area contributed by atoms with Crippen LogP contribution < -0.4 is 5.32 Å². The second kappa shape index (κ2) is 8.16. The molecule has 0 unspecified atom stereocenters. The van der Waals surface area contributed by atoms with Crippen molar-refractivity contribution in [3.8, 4) is 0 Å². The van der Waals surface area contributed by atoms with Gasteiger partial charge in [-0.1, -0.05) is 30.3 Å². The molecule has 0 atom stereocenters. The molecule has 0 fully saturated rings. The Balaban J connectivity index is 1.59. The smallest absolute Gasteiger partial charge is 0.253 e. The van der Waals surface area contributed by atoms with Crippen molar-refractivity contribution in [3.63, 3.8) is 0 Å². The van der Waals surface area contributed by atoms with E-state index >= 15 is 0 Å². The Morgan fingerprint density at radius 3 is 2.27 bits per heavy atom. The van der Waals surface area contributed by atoms with E-state index in [9.17, 15) is 9.59 Å². The lowest BCUT2D eigenvalue weighted by atomic mass is 10.1. The summed E-state index contributed by atoms with van der Waals surface area (Å²) in [5, 5.41) is 2.78. The molecule has 1 heterocycles. The Kier molecular flexibility index (Phi) is 5.49. The van der Waals surface area contributed by atoms with Gasteiger partial charge in [-0.15, -0.1) is 0 Å². The third-order valence-corrected chi connectivity index (χ3v) is 4.01. The van der Waals surface area contributed by atoms with E-state index in [0.717, 1.165) is 5.56 Å². The van der Waals surface area contributed by atoms with Crippen LogP contribution in [0.2, 0.25) is 0 Å². The number of carbonyl (C=O) groups is 2. The number of nitrogens with one attached hydrogen (secondary N) is 1. The molecule has 1 N–H and O–H groups in total. The van der Waals surface area contributed by atoms with Crippen molar-refractivity contribution in [2.75, 3.05) is 7.05 Å². The van der Waals surface area contributed by atoms with Crippen molar-refractivity contribution in [2.24, 2.45) is 0 Å². The molecule has 2 amide bonds. The molecule has 0 aliphatic rings. The monoisotopic (exact) mass is 348 g/mol. The molecule has 0 saturated heterocycles. The van der Waals surface area contributed by atoms with Gasteiger partial charge in [0.1, 0.15) is 5.76 Å². The van der Waals surface area contributed by atoms with Crippen LogP contribution in [0.4, 0.5) is 0 Å². The fourth-order valence-electron chi connectivity index (χ4n) is 2.60. The minimum absolute atomic E-state index is 0.0867. The van der Waals surface area contributed by atoms with Gasteiger partial charge in [0.25, 0.3) is 11.8 Å². The molecule has 2 aromatic carbocycles. The lowest BCUT2D eigenvalue weighted by Gasteiger charge is -2.17. The van der Waals surface area contributed by atoms with E-state index in [0.29, 0.717) is 30.0 Å². The van der Waals surface area contributed by atoms with Crippen LogP contribution in [0.25, 0.3) is 0 Å². The van der Waals surface area contributed by atoms with Crippen LogP contribution in [0.5, 0.6) is 0 Å². The molecule has 26 heavy (non-hydrogen) atoms. The van der Waals surface area contributed by atoms with E-state index < -0.39 is 0 Å². The van der Waals surface area contributed by atoms with Gasteiger partial charge in [0.2, 0.25) is 0 Å². The summed E-state index contributed by atoms with van der Waals surface area (Å²) in [7, 11) is 1.76. The molecular weight excluding hydrogens is 328 g/mol. The number of hydrogen-bond acceptors (Lipinski definition) is 3. The summed E-state index contributed by atoms with van der Waals surface area (Å²) in [6, 6.07) is 20.0. The van der Waals surface area contributed by atoms with Crippen LogP contribution >= 0.6 is 0 Å². The second-order valence-electron chi connectivity index (χ2n) is 5.99. The highest BCUT2D eigenvalue weighted by molar-refractivity contribution is 5.97. The quantitative estimate of drug-likeness (QED) is 0.742. The molecule has 0 bridgehead atoms. The molecule has 0 aliphatic heterocycles. The van der Waals surface area contributed by atoms with Gasteiger partial charge in [-0.05, 0) is 42.0 Å². The highest BCUT2D eigenvalue weighted by atomic mass is 16.3. The third-order valence-electron chi connectivity index (χ3n) is 4.01. The molecule has 0 radical (unpaired) electrons. The Labute approximate surface area is 152 Å². The zero-order chi connectivity index (χ0) is 18.4. The lowest BCUT2D eigenvalue weighted by molar-refractivity contribution is 0.0784. The summed E-state index contributed by atoms with van der Waals surface area (Å²) in [5.74, 6) is 0.391. The zero-order valence-electron chi connectivity index (χ0n) is 14.5. The maximum atomic E-state index is 12.5. The minimum Gasteiger partial charge on any atom is -0.467 e. The van der Waals surface area contributed by atoms with Gasteiger partial charge in [-0.25, -0.2) is 0 Å². The van der Waals surface area contributed by atoms with Gasteiger partial charge in [0.05, 0.1) is 12.8 Å². The molecule has 3 rings (SSSR count). The van der Waals surface area contributed by atoms with E-state index in [2.05, 4.69) is 5.32 Å². The van der Waals surface area contributed by atoms with Crippen molar-refractivity contribution in [1.29, 1.82) is 0 Å². The Morgan fingerprint density at radius 2 is 1.62 bits per heavy atom. The maximum absolute atomic E-state index is 12.5. The van der Waals surface area contributed by atoms with Gasteiger partial charge >= 0.3 is 0 Å². The second-order valence-corrected chi connectivity index (χ2v) is 5.99. The van der Waals surface area contributed by atoms with Gasteiger partial charge in [-0.3, -0.25) is 9.59 Å². The Hall–Kier alpha value is -3.34. The standard InChI is InChI=1S/C21H20N2O3/c1-23(15-16-6-3-2-4-7-16)21(25)18-11-9-17(10-12-18)20(24)22-14-19-8-5-13-26-19/h2-13H,14-15H2,1H3,(H,22,24). The van der Waals surface area contributed by atoms with Gasteiger partial charge in [0, 0.05) is 24.7 Å². The maximum Gasteiger partial charge on any atom is 0.253 e. The number of amides is 2. The van der Waals surface area contributed by atoms with Crippen molar-refractivity contribution in [2.45, 2.75) is 13.1 Å². The topological polar surface area (TPSA) is 62.6 Å². The summed E-state index contributed by atoms with van der Waals surface area (Å²) in [6.45, 7) is 0.859. The average Bonchev–Trinajstić information content (AvgIpc) is 3.20. The minimum atomic E-state index is -0.210. The predicted octanol–water partition coefficient (Wildman–Crippen LogP) is 3.48. The number of furan rings is 1. The van der Waals surface area contributed by atoms with Crippen molar-refractivity contribution < 1.29 is 14.0 Å². The van der Waals surface area contributed by atoms with E-state index in [-0.39, 0.29) is 11.8 Å². The van der Waals surface area contributed by atoms with E-state index in [1.165, 1.54) is 0 Å². The molecule has 0 aliphatic carbocycles. The highest BCUT2D eigenvalue weighted by Crippen LogP contribution is 2.10. The fourth-order valence-corrected chi connectivity index (χ4v) is 2.60. The van der Waals surface area contributed by atoms with E-state index in [4.69, 9.17) is 4.42 Å². The molecular formula is C21H20N2O3. The molecule has 3 aromatic rings. The Morgan fingerprint density at radius 1 is 0.923 bits per heavy atom. The number of rotatable bonds is 6. The molecule has 5 heteroatoms. The van der Waals surface area contributed by atoms with Gasteiger partial charge < -0.3 is 14.6 Å². The average molecular weight is 348 g/mol. The summed E-state index contributed by atoms with van der Waals surface area (Å²) in [4.78, 5) is 26.3. The molecule has 132 valence electrons. The zero-order valence-corrected chi connectivity index (χ0v) is 14.5. The number of benzene rings is 2. The summed E-state index contributed by atoms with van der Waals surface area (Å²) in [6.07, 6.45) is 1.56. The normalized spacial score (nSPS) is 10.3. The largest absolute Gasteiger partial charge is 0.467 e. The van der Waals surface area contributed by atoms with E-state index in [1.807, 2.05) is 30.3 Å². The van der Waals surface area contributed by atoms with Crippen LogP contribution in [0.15, 0.2) is 77.4 Å². The predicted molar refractivity (Wildman–Crippen MR) is 98.6 cm³/mol. The molecule has 0 spiro atoms. The third kappa shape index (κ3) is 4.39. The van der Waals surface area contributed by atoms with Crippen molar-refractivity contribution in [3.05, 3.63) is 95.4 Å². The number of hydrogen-bond donors (Lipinski definition) is 1. The van der Waals surface area contributed by atoms with Crippen LogP contribution in [0.1, 0.15) is 32.0 Å². The van der Waals surface area contributed by atoms with Crippen LogP contribution in [0.3, 0.4) is 0 Å². The first-order valence-electron chi connectivity index (χ1n) is 8.33. The van der Waals surface area contributed by atoms with E-state index in [1.54, 1.807) is 54.6 Å². The van der Waals surface area contributed by atoms with Crippen molar-refractivity contribution >= 4 is 11.8 Å². The van der Waals surface area contributed by atoms with Crippen LogP contribution in [-0.4, -0.2) is 23.8 Å². The molecule has 0 saturated carbocycles. The first kappa shape index (κ1) is 17.5. The lowest BCUT2D eigenvalue weighted by Crippen LogP contribution is -2.26. The van der Waals surface area contributed by atoms with Gasteiger partial charge in [0.15, 0.2) is 0 Å². The summed E-state index contributed by atoms with van der Waals surface area (Å²) < 4.78 is 5.18.